The molecule has 120 valence electrons. The Morgan fingerprint density at radius 3 is 2.38 bits per heavy atom. The first-order valence-electron chi connectivity index (χ1n) is 6.00. The summed E-state index contributed by atoms with van der Waals surface area (Å²) in [5.74, 6) is 0. The van der Waals surface area contributed by atoms with E-state index in [1.165, 1.54) is 0 Å². The molecule has 0 amide bonds. The normalized spacial score (nSPS) is 12.5. The molecule has 0 fully saturated rings. The van der Waals surface area contributed by atoms with Crippen molar-refractivity contribution in [3.05, 3.63) is 21.0 Å². The molecule has 1 heterocycles. The van der Waals surface area contributed by atoms with Crippen LogP contribution in [-0.2, 0) is 6.54 Å². The zero-order chi connectivity index (χ0) is 16.3. The molecule has 0 bridgehead atoms. The number of rotatable bonds is 6. The Morgan fingerprint density at radius 2 is 1.95 bits per heavy atom. The summed E-state index contributed by atoms with van der Waals surface area (Å²) >= 11 is 2.91. The molecule has 10 heteroatoms. The number of aliphatic hydroxyl groups is 2. The Bertz CT molecular complexity index is 535. The van der Waals surface area contributed by atoms with Gasteiger partial charge in [-0.1, -0.05) is 6.92 Å². The highest BCUT2D eigenvalue weighted by Gasteiger charge is 2.31. The van der Waals surface area contributed by atoms with E-state index in [0.717, 1.165) is 6.20 Å². The monoisotopic (exact) mass is 373 g/mol. The number of hydrogen-bond acceptors (Lipinski definition) is 5. The first-order valence-corrected chi connectivity index (χ1v) is 6.79. The van der Waals surface area contributed by atoms with Crippen LogP contribution in [0.25, 0.3) is 0 Å². The van der Waals surface area contributed by atoms with Crippen LogP contribution in [0, 0.1) is 0 Å². The molecular weight excluding hydrogens is 359 g/mol. The van der Waals surface area contributed by atoms with Gasteiger partial charge in [0.25, 0.3) is 5.56 Å². The standard InChI is InChI=1S/C11H15BrF3N3O3/c1-2-10(5-19,6-20)17-7-3-16-18(4-11(13,14)15)9(21)8(7)12/h3,17,19-20H,2,4-6H2,1H3. The van der Waals surface area contributed by atoms with Crippen molar-refractivity contribution in [3.63, 3.8) is 0 Å². The zero-order valence-electron chi connectivity index (χ0n) is 11.1. The topological polar surface area (TPSA) is 87.4 Å². The number of aromatic nitrogens is 2. The molecule has 3 N–H and O–H groups in total. The Morgan fingerprint density at radius 1 is 1.38 bits per heavy atom. The van der Waals surface area contributed by atoms with Crippen LogP contribution in [0.4, 0.5) is 18.9 Å². The van der Waals surface area contributed by atoms with Crippen molar-refractivity contribution in [1.82, 2.24) is 9.78 Å². The highest BCUT2D eigenvalue weighted by Crippen LogP contribution is 2.24. The molecule has 0 aliphatic carbocycles. The Balaban J connectivity index is 3.13. The van der Waals surface area contributed by atoms with E-state index in [-0.39, 0.29) is 14.8 Å². The first kappa shape index (κ1) is 17.9. The SMILES string of the molecule is CCC(CO)(CO)Nc1cnn(CC(F)(F)F)c(=O)c1Br. The molecule has 0 aliphatic heterocycles. The predicted octanol–water partition coefficient (Wildman–Crippen LogP) is 1.11. The second-order valence-corrected chi connectivity index (χ2v) is 5.32. The molecule has 0 saturated heterocycles. The van der Waals surface area contributed by atoms with Gasteiger partial charge in [0.15, 0.2) is 0 Å². The number of alkyl halides is 3. The second-order valence-electron chi connectivity index (χ2n) is 4.53. The molecule has 0 saturated carbocycles. The van der Waals surface area contributed by atoms with Gasteiger partial charge in [0.05, 0.1) is 30.6 Å². The molecule has 0 aliphatic rings. The van der Waals surface area contributed by atoms with E-state index in [0.29, 0.717) is 6.42 Å². The zero-order valence-corrected chi connectivity index (χ0v) is 12.7. The molecule has 0 aromatic carbocycles. The maximum Gasteiger partial charge on any atom is 0.408 e. The maximum absolute atomic E-state index is 12.3. The molecule has 0 unspecified atom stereocenters. The smallest absolute Gasteiger partial charge is 0.394 e. The highest BCUT2D eigenvalue weighted by atomic mass is 79.9. The Hall–Kier alpha value is -1.13. The quantitative estimate of drug-likeness (QED) is 0.695. The van der Waals surface area contributed by atoms with Crippen molar-refractivity contribution >= 4 is 21.6 Å². The van der Waals surface area contributed by atoms with Crippen LogP contribution in [0.15, 0.2) is 15.5 Å². The van der Waals surface area contributed by atoms with E-state index in [9.17, 15) is 28.2 Å². The lowest BCUT2D eigenvalue weighted by Crippen LogP contribution is -2.46. The van der Waals surface area contributed by atoms with Crippen molar-refractivity contribution in [1.29, 1.82) is 0 Å². The lowest BCUT2D eigenvalue weighted by Gasteiger charge is -2.31. The van der Waals surface area contributed by atoms with Gasteiger partial charge in [0.2, 0.25) is 0 Å². The summed E-state index contributed by atoms with van der Waals surface area (Å²) in [4.78, 5) is 11.8. The summed E-state index contributed by atoms with van der Waals surface area (Å²) in [5, 5.41) is 24.8. The summed E-state index contributed by atoms with van der Waals surface area (Å²) in [7, 11) is 0. The summed E-state index contributed by atoms with van der Waals surface area (Å²) in [6, 6.07) is 0. The molecule has 1 aromatic heterocycles. The third-order valence-electron chi connectivity index (χ3n) is 3.00. The lowest BCUT2D eigenvalue weighted by molar-refractivity contribution is -0.143. The van der Waals surface area contributed by atoms with E-state index in [2.05, 4.69) is 26.3 Å². The minimum Gasteiger partial charge on any atom is -0.394 e. The molecule has 0 spiro atoms. The predicted molar refractivity (Wildman–Crippen MR) is 73.1 cm³/mol. The lowest BCUT2D eigenvalue weighted by atomic mass is 9.98. The van der Waals surface area contributed by atoms with E-state index in [1.54, 1.807) is 6.92 Å². The van der Waals surface area contributed by atoms with E-state index >= 15 is 0 Å². The number of anilines is 1. The minimum atomic E-state index is -4.56. The fraction of sp³-hybridized carbons (Fsp3) is 0.636. The number of nitrogens with one attached hydrogen (secondary N) is 1. The third-order valence-corrected chi connectivity index (χ3v) is 3.76. The van der Waals surface area contributed by atoms with Crippen LogP contribution >= 0.6 is 15.9 Å². The fourth-order valence-electron chi connectivity index (χ4n) is 1.56. The number of aliphatic hydroxyl groups excluding tert-OH is 2. The van der Waals surface area contributed by atoms with Gasteiger partial charge in [-0.15, -0.1) is 0 Å². The molecular formula is C11H15BrF3N3O3. The number of halogens is 4. The van der Waals surface area contributed by atoms with Gasteiger partial charge in [-0.2, -0.15) is 18.3 Å². The fourth-order valence-corrected chi connectivity index (χ4v) is 1.97. The highest BCUT2D eigenvalue weighted by molar-refractivity contribution is 9.10. The summed E-state index contributed by atoms with van der Waals surface area (Å²) in [5.41, 5.74) is -1.95. The molecule has 21 heavy (non-hydrogen) atoms. The van der Waals surface area contributed by atoms with E-state index < -0.39 is 37.0 Å². The van der Waals surface area contributed by atoms with E-state index in [4.69, 9.17) is 0 Å². The average Bonchev–Trinajstić information content (AvgIpc) is 2.43. The first-order chi connectivity index (χ1) is 9.68. The summed E-state index contributed by atoms with van der Waals surface area (Å²) in [6.07, 6.45) is -3.19. The number of hydrogen-bond donors (Lipinski definition) is 3. The van der Waals surface area contributed by atoms with Crippen LogP contribution in [-0.4, -0.2) is 44.9 Å². The van der Waals surface area contributed by atoms with Crippen LogP contribution < -0.4 is 10.9 Å². The van der Waals surface area contributed by atoms with Crippen LogP contribution in [0.3, 0.4) is 0 Å². The largest absolute Gasteiger partial charge is 0.408 e. The van der Waals surface area contributed by atoms with Gasteiger partial charge in [0.1, 0.15) is 11.0 Å². The van der Waals surface area contributed by atoms with E-state index in [1.807, 2.05) is 0 Å². The van der Waals surface area contributed by atoms with Gasteiger partial charge >= 0.3 is 6.18 Å². The maximum atomic E-state index is 12.3. The van der Waals surface area contributed by atoms with Gasteiger partial charge in [-0.25, -0.2) is 4.68 Å². The third kappa shape index (κ3) is 4.42. The molecule has 0 atom stereocenters. The van der Waals surface area contributed by atoms with Crippen molar-refractivity contribution in [2.75, 3.05) is 18.5 Å². The van der Waals surface area contributed by atoms with Crippen molar-refractivity contribution < 1.29 is 23.4 Å². The molecule has 6 nitrogen and oxygen atoms in total. The molecule has 1 aromatic rings. The molecule has 0 radical (unpaired) electrons. The van der Waals surface area contributed by atoms with Gasteiger partial charge in [0, 0.05) is 0 Å². The Labute approximate surface area is 126 Å². The van der Waals surface area contributed by atoms with Gasteiger partial charge in [-0.3, -0.25) is 4.79 Å². The van der Waals surface area contributed by atoms with Gasteiger partial charge < -0.3 is 15.5 Å². The van der Waals surface area contributed by atoms with Crippen LogP contribution in [0.1, 0.15) is 13.3 Å². The summed E-state index contributed by atoms with van der Waals surface area (Å²) < 4.78 is 37.0. The van der Waals surface area contributed by atoms with Crippen molar-refractivity contribution in [2.45, 2.75) is 31.6 Å². The van der Waals surface area contributed by atoms with Crippen molar-refractivity contribution in [2.24, 2.45) is 0 Å². The average molecular weight is 374 g/mol. The number of nitrogens with zero attached hydrogens (tertiary/aromatic N) is 2. The minimum absolute atomic E-state index is 0.100. The van der Waals surface area contributed by atoms with Crippen molar-refractivity contribution in [3.8, 4) is 0 Å². The van der Waals surface area contributed by atoms with Crippen LogP contribution in [0.5, 0.6) is 0 Å². The summed E-state index contributed by atoms with van der Waals surface area (Å²) in [6.45, 7) is -0.633. The Kier molecular flexibility index (Phi) is 5.76. The second kappa shape index (κ2) is 6.75. The molecule has 1 rings (SSSR count). The van der Waals surface area contributed by atoms with Crippen LogP contribution in [0.2, 0.25) is 0 Å². The van der Waals surface area contributed by atoms with Gasteiger partial charge in [-0.05, 0) is 22.4 Å².